The van der Waals surface area contributed by atoms with Crippen molar-refractivity contribution < 1.29 is 9.21 Å². The van der Waals surface area contributed by atoms with E-state index in [1.807, 2.05) is 13.0 Å². The van der Waals surface area contributed by atoms with Gasteiger partial charge in [0.1, 0.15) is 0 Å². The Balaban J connectivity index is 2.01. The largest absolute Gasteiger partial charge is 0.444 e. The number of benzene rings is 1. The molecule has 1 aromatic carbocycles. The number of hydrogen-bond acceptors (Lipinski definition) is 3. The number of aryl methyl sites for hydroxylation is 1. The third-order valence-corrected chi connectivity index (χ3v) is 3.98. The van der Waals surface area contributed by atoms with Gasteiger partial charge in [-0.05, 0) is 58.7 Å². The molecule has 0 saturated carbocycles. The van der Waals surface area contributed by atoms with E-state index in [1.165, 1.54) is 0 Å². The number of halogens is 2. The van der Waals surface area contributed by atoms with Crippen molar-refractivity contribution in [3.05, 3.63) is 57.5 Å². The molecule has 21 heavy (non-hydrogen) atoms. The monoisotopic (exact) mass is 364 g/mol. The van der Waals surface area contributed by atoms with Gasteiger partial charge in [-0.2, -0.15) is 0 Å². The maximum atomic E-state index is 12.2. The van der Waals surface area contributed by atoms with Crippen LogP contribution in [-0.2, 0) is 0 Å². The molecule has 0 unspecified atom stereocenters. The second-order valence-corrected chi connectivity index (χ2v) is 5.67. The fraction of sp³-hybridized carbons (Fsp3) is 0.0667. The minimum atomic E-state index is -0.319. The second-order valence-electron chi connectivity index (χ2n) is 4.48. The summed E-state index contributed by atoms with van der Waals surface area (Å²) in [6, 6.07) is 8.64. The number of pyridine rings is 1. The van der Waals surface area contributed by atoms with E-state index in [0.29, 0.717) is 15.4 Å². The maximum Gasteiger partial charge on any atom is 0.291 e. The predicted octanol–water partition coefficient (Wildman–Crippen LogP) is 4.80. The van der Waals surface area contributed by atoms with Gasteiger partial charge in [-0.15, -0.1) is 0 Å². The van der Waals surface area contributed by atoms with Gasteiger partial charge >= 0.3 is 0 Å². The van der Waals surface area contributed by atoms with Crippen LogP contribution >= 0.6 is 27.5 Å². The molecule has 0 atom stereocenters. The third-order valence-electron chi connectivity index (χ3n) is 3.15. The van der Waals surface area contributed by atoms with E-state index in [4.69, 9.17) is 16.0 Å². The third kappa shape index (κ3) is 2.66. The Hall–Kier alpha value is -1.85. The number of rotatable bonds is 2. The van der Waals surface area contributed by atoms with Crippen molar-refractivity contribution in [3.8, 4) is 0 Å². The molecule has 2 heterocycles. The number of carbonyl (C=O) groups excluding carboxylic acids is 1. The molecule has 0 bridgehead atoms. The molecule has 1 amide bonds. The fourth-order valence-corrected chi connectivity index (χ4v) is 2.52. The van der Waals surface area contributed by atoms with Gasteiger partial charge in [0.25, 0.3) is 5.91 Å². The molecule has 0 fully saturated rings. The van der Waals surface area contributed by atoms with Crippen molar-refractivity contribution in [1.82, 2.24) is 4.98 Å². The molecule has 3 rings (SSSR count). The summed E-state index contributed by atoms with van der Waals surface area (Å²) in [5.41, 5.74) is 2.31. The highest BCUT2D eigenvalue weighted by atomic mass is 79.9. The molecule has 0 aliphatic rings. The minimum absolute atomic E-state index is 0.234. The molecule has 0 radical (unpaired) electrons. The van der Waals surface area contributed by atoms with Gasteiger partial charge in [-0.3, -0.25) is 9.78 Å². The average Bonchev–Trinajstić information content (AvgIpc) is 2.90. The van der Waals surface area contributed by atoms with Crippen molar-refractivity contribution in [2.75, 3.05) is 5.32 Å². The number of nitrogens with one attached hydrogen (secondary N) is 1. The molecule has 3 aromatic rings. The van der Waals surface area contributed by atoms with Gasteiger partial charge in [-0.1, -0.05) is 11.6 Å². The van der Waals surface area contributed by atoms with E-state index in [-0.39, 0.29) is 11.7 Å². The Morgan fingerprint density at radius 2 is 2.10 bits per heavy atom. The number of furan rings is 1. The van der Waals surface area contributed by atoms with E-state index in [1.54, 1.807) is 30.5 Å². The zero-order chi connectivity index (χ0) is 15.0. The highest BCUT2D eigenvalue weighted by Crippen LogP contribution is 2.29. The Bertz CT molecular complexity index is 845. The lowest BCUT2D eigenvalue weighted by molar-refractivity contribution is 0.0995. The van der Waals surface area contributed by atoms with Crippen molar-refractivity contribution >= 4 is 50.0 Å². The summed E-state index contributed by atoms with van der Waals surface area (Å²) in [6.07, 6.45) is 1.64. The molecule has 106 valence electrons. The van der Waals surface area contributed by atoms with Crippen molar-refractivity contribution in [2.45, 2.75) is 6.92 Å². The number of fused-ring (bicyclic) bond motifs is 1. The Labute approximate surface area is 134 Å². The summed E-state index contributed by atoms with van der Waals surface area (Å²) in [5, 5.41) is 4.30. The molecule has 2 aromatic heterocycles. The lowest BCUT2D eigenvalue weighted by Gasteiger charge is -2.09. The minimum Gasteiger partial charge on any atom is -0.444 e. The molecule has 0 spiro atoms. The smallest absolute Gasteiger partial charge is 0.291 e. The highest BCUT2D eigenvalue weighted by molar-refractivity contribution is 9.10. The van der Waals surface area contributed by atoms with Gasteiger partial charge in [0.15, 0.2) is 10.4 Å². The zero-order valence-electron chi connectivity index (χ0n) is 11.0. The second kappa shape index (κ2) is 5.50. The molecule has 0 aliphatic heterocycles. The van der Waals surface area contributed by atoms with Crippen LogP contribution in [0.4, 0.5) is 5.69 Å². The SMILES string of the molecule is Cc1c(Cl)ccc2c(NC(=O)c3ccc(Br)o3)ccnc12. The fourth-order valence-electron chi connectivity index (χ4n) is 2.06. The van der Waals surface area contributed by atoms with Crippen LogP contribution in [0.5, 0.6) is 0 Å². The van der Waals surface area contributed by atoms with Crippen LogP contribution in [0.25, 0.3) is 10.9 Å². The molecular weight excluding hydrogens is 356 g/mol. The number of anilines is 1. The highest BCUT2D eigenvalue weighted by Gasteiger charge is 2.13. The van der Waals surface area contributed by atoms with E-state index in [0.717, 1.165) is 16.5 Å². The average molecular weight is 366 g/mol. The number of aromatic nitrogens is 1. The molecule has 1 N–H and O–H groups in total. The van der Waals surface area contributed by atoms with Crippen LogP contribution in [0.15, 0.2) is 45.6 Å². The Kier molecular flexibility index (Phi) is 3.69. The summed E-state index contributed by atoms with van der Waals surface area (Å²) >= 11 is 9.27. The van der Waals surface area contributed by atoms with Crippen LogP contribution in [0.2, 0.25) is 5.02 Å². The van der Waals surface area contributed by atoms with E-state index in [2.05, 4.69) is 26.2 Å². The first-order valence-electron chi connectivity index (χ1n) is 6.17. The normalized spacial score (nSPS) is 10.8. The summed E-state index contributed by atoms with van der Waals surface area (Å²) < 4.78 is 5.75. The number of nitrogens with zero attached hydrogens (tertiary/aromatic N) is 1. The van der Waals surface area contributed by atoms with Gasteiger partial charge in [0, 0.05) is 16.6 Å². The van der Waals surface area contributed by atoms with Gasteiger partial charge < -0.3 is 9.73 Å². The van der Waals surface area contributed by atoms with E-state index < -0.39 is 0 Å². The van der Waals surface area contributed by atoms with Gasteiger partial charge in [-0.25, -0.2) is 0 Å². The number of hydrogen-bond donors (Lipinski definition) is 1. The van der Waals surface area contributed by atoms with E-state index in [9.17, 15) is 4.79 Å². The Morgan fingerprint density at radius 3 is 2.81 bits per heavy atom. The summed E-state index contributed by atoms with van der Waals surface area (Å²) in [7, 11) is 0. The maximum absolute atomic E-state index is 12.2. The first kappa shape index (κ1) is 14.1. The molecule has 4 nitrogen and oxygen atoms in total. The topological polar surface area (TPSA) is 55.1 Å². The van der Waals surface area contributed by atoms with Crippen molar-refractivity contribution in [2.24, 2.45) is 0 Å². The summed E-state index contributed by atoms with van der Waals surface area (Å²) in [5.74, 6) is -0.0849. The van der Waals surface area contributed by atoms with Crippen LogP contribution < -0.4 is 5.32 Å². The lowest BCUT2D eigenvalue weighted by atomic mass is 10.1. The van der Waals surface area contributed by atoms with Crippen LogP contribution in [-0.4, -0.2) is 10.9 Å². The molecule has 6 heteroatoms. The molecule has 0 aliphatic carbocycles. The van der Waals surface area contributed by atoms with Crippen LogP contribution in [0.3, 0.4) is 0 Å². The number of amides is 1. The molecule has 0 saturated heterocycles. The predicted molar refractivity (Wildman–Crippen MR) is 85.9 cm³/mol. The molecular formula is C15H10BrClN2O2. The zero-order valence-corrected chi connectivity index (χ0v) is 13.3. The lowest BCUT2D eigenvalue weighted by Crippen LogP contribution is -2.11. The van der Waals surface area contributed by atoms with Gasteiger partial charge in [0.05, 0.1) is 11.2 Å². The van der Waals surface area contributed by atoms with Crippen LogP contribution in [0.1, 0.15) is 16.1 Å². The number of carbonyl (C=O) groups is 1. The van der Waals surface area contributed by atoms with Crippen LogP contribution in [0, 0.1) is 6.92 Å². The standard InChI is InChI=1S/C15H10BrClN2O2/c1-8-10(17)3-2-9-11(6-7-18-14(8)9)19-15(20)12-4-5-13(16)21-12/h2-7H,1H3,(H,18,19,20). The van der Waals surface area contributed by atoms with Crippen molar-refractivity contribution in [1.29, 1.82) is 0 Å². The van der Waals surface area contributed by atoms with Gasteiger partial charge in [0.2, 0.25) is 0 Å². The quantitative estimate of drug-likeness (QED) is 0.709. The summed E-state index contributed by atoms with van der Waals surface area (Å²) in [6.45, 7) is 1.90. The first-order chi connectivity index (χ1) is 10.1. The Morgan fingerprint density at radius 1 is 1.29 bits per heavy atom. The van der Waals surface area contributed by atoms with E-state index >= 15 is 0 Å². The summed E-state index contributed by atoms with van der Waals surface area (Å²) in [4.78, 5) is 16.5. The first-order valence-corrected chi connectivity index (χ1v) is 7.34. The van der Waals surface area contributed by atoms with Crippen molar-refractivity contribution in [3.63, 3.8) is 0 Å².